The first-order valence-corrected chi connectivity index (χ1v) is 7.82. The molecule has 0 N–H and O–H groups in total. The van der Waals surface area contributed by atoms with E-state index in [1.54, 1.807) is 11.3 Å². The van der Waals surface area contributed by atoms with Crippen LogP contribution in [0.1, 0.15) is 21.7 Å². The van der Waals surface area contributed by atoms with E-state index in [-0.39, 0.29) is 5.78 Å². The summed E-state index contributed by atoms with van der Waals surface area (Å²) in [4.78, 5) is 15.5. The molecule has 0 aliphatic heterocycles. The maximum absolute atomic E-state index is 12.0. The van der Waals surface area contributed by atoms with Crippen molar-refractivity contribution >= 4 is 33.0 Å². The Bertz CT molecular complexity index is 538. The first-order chi connectivity index (χ1) is 9.15. The number of Topliss-reactive ketones (excluding diaryl/α,β-unsaturated/α-hetero) is 1. The van der Waals surface area contributed by atoms with Crippen LogP contribution in [0.4, 0.5) is 0 Å². The quantitative estimate of drug-likeness (QED) is 0.735. The maximum atomic E-state index is 12.0. The largest absolute Gasteiger partial charge is 0.301 e. The summed E-state index contributed by atoms with van der Waals surface area (Å²) < 4.78 is 1.13. The van der Waals surface area contributed by atoms with Crippen molar-refractivity contribution in [1.29, 1.82) is 0 Å². The number of thiophene rings is 1. The standard InChI is InChI=1S/C15H16BrNOS/c1-17(10-14-9-13(16)11-19-14)8-7-15(18)12-5-3-2-4-6-12/h2-6,9,11H,7-8,10H2,1H3. The van der Waals surface area contributed by atoms with Crippen molar-refractivity contribution in [3.63, 3.8) is 0 Å². The summed E-state index contributed by atoms with van der Waals surface area (Å²) in [6, 6.07) is 11.6. The van der Waals surface area contributed by atoms with E-state index in [1.165, 1.54) is 4.88 Å². The molecule has 4 heteroatoms. The Morgan fingerprint density at radius 2 is 2.05 bits per heavy atom. The molecule has 0 bridgehead atoms. The highest BCUT2D eigenvalue weighted by Crippen LogP contribution is 2.20. The summed E-state index contributed by atoms with van der Waals surface area (Å²) in [5, 5.41) is 2.08. The lowest BCUT2D eigenvalue weighted by atomic mass is 10.1. The van der Waals surface area contributed by atoms with Crippen molar-refractivity contribution in [1.82, 2.24) is 4.90 Å². The summed E-state index contributed by atoms with van der Waals surface area (Å²) in [5.41, 5.74) is 0.801. The van der Waals surface area contributed by atoms with Crippen molar-refractivity contribution in [3.05, 3.63) is 56.7 Å². The number of hydrogen-bond donors (Lipinski definition) is 0. The summed E-state index contributed by atoms with van der Waals surface area (Å²) in [6.45, 7) is 1.67. The predicted octanol–water partition coefficient (Wildman–Crippen LogP) is 4.22. The number of halogens is 1. The smallest absolute Gasteiger partial charge is 0.164 e. The minimum absolute atomic E-state index is 0.208. The van der Waals surface area contributed by atoms with Gasteiger partial charge in [-0.05, 0) is 29.0 Å². The van der Waals surface area contributed by atoms with Gasteiger partial charge in [0.05, 0.1) is 0 Å². The fraction of sp³-hybridized carbons (Fsp3) is 0.267. The van der Waals surface area contributed by atoms with E-state index >= 15 is 0 Å². The van der Waals surface area contributed by atoms with Crippen molar-refractivity contribution in [2.24, 2.45) is 0 Å². The van der Waals surface area contributed by atoms with Crippen LogP contribution in [0, 0.1) is 0 Å². The number of carbonyl (C=O) groups excluding carboxylic acids is 1. The van der Waals surface area contributed by atoms with Crippen LogP contribution in [0.5, 0.6) is 0 Å². The summed E-state index contributed by atoms with van der Waals surface area (Å²) in [6.07, 6.45) is 0.563. The third-order valence-electron chi connectivity index (χ3n) is 2.86. The molecular formula is C15H16BrNOS. The van der Waals surface area contributed by atoms with Crippen molar-refractivity contribution in [3.8, 4) is 0 Å². The van der Waals surface area contributed by atoms with Gasteiger partial charge in [0.15, 0.2) is 5.78 Å². The molecule has 19 heavy (non-hydrogen) atoms. The SMILES string of the molecule is CN(CCC(=O)c1ccccc1)Cc1cc(Br)cs1. The highest BCUT2D eigenvalue weighted by atomic mass is 79.9. The molecule has 0 fully saturated rings. The molecule has 2 aromatic rings. The zero-order valence-electron chi connectivity index (χ0n) is 10.8. The van der Waals surface area contributed by atoms with Crippen LogP contribution >= 0.6 is 27.3 Å². The molecule has 1 heterocycles. The summed E-state index contributed by atoms with van der Waals surface area (Å²) >= 11 is 5.19. The summed E-state index contributed by atoms with van der Waals surface area (Å²) in [7, 11) is 2.05. The molecule has 0 saturated carbocycles. The predicted molar refractivity (Wildman–Crippen MR) is 83.7 cm³/mol. The van der Waals surface area contributed by atoms with Gasteiger partial charge in [-0.15, -0.1) is 11.3 Å². The number of benzene rings is 1. The van der Waals surface area contributed by atoms with Crippen LogP contribution in [0.2, 0.25) is 0 Å². The number of ketones is 1. The van der Waals surface area contributed by atoms with Crippen molar-refractivity contribution in [2.45, 2.75) is 13.0 Å². The molecule has 0 atom stereocenters. The maximum Gasteiger partial charge on any atom is 0.164 e. The Labute approximate surface area is 126 Å². The average molecular weight is 338 g/mol. The average Bonchev–Trinajstić information content (AvgIpc) is 2.82. The number of rotatable bonds is 6. The normalized spacial score (nSPS) is 10.9. The second kappa shape index (κ2) is 6.98. The molecule has 2 nitrogen and oxygen atoms in total. The minimum Gasteiger partial charge on any atom is -0.301 e. The number of nitrogens with zero attached hydrogens (tertiary/aromatic N) is 1. The Balaban J connectivity index is 1.80. The van der Waals surface area contributed by atoms with E-state index in [2.05, 4.69) is 32.3 Å². The monoisotopic (exact) mass is 337 g/mol. The van der Waals surface area contributed by atoms with Gasteiger partial charge in [-0.1, -0.05) is 30.3 Å². The molecule has 0 unspecified atom stereocenters. The van der Waals surface area contributed by atoms with Crippen molar-refractivity contribution in [2.75, 3.05) is 13.6 Å². The van der Waals surface area contributed by atoms with Crippen LogP contribution in [0.25, 0.3) is 0 Å². The van der Waals surface area contributed by atoms with E-state index in [9.17, 15) is 4.79 Å². The molecule has 0 aliphatic carbocycles. The lowest BCUT2D eigenvalue weighted by Gasteiger charge is -2.14. The Hall–Kier alpha value is -0.970. The molecule has 0 radical (unpaired) electrons. The molecule has 0 spiro atoms. The third kappa shape index (κ3) is 4.56. The molecule has 0 saturated heterocycles. The van der Waals surface area contributed by atoms with Gasteiger partial charge in [0.2, 0.25) is 0 Å². The second-order valence-corrected chi connectivity index (χ2v) is 6.42. The van der Waals surface area contributed by atoms with Crippen LogP contribution in [0.3, 0.4) is 0 Å². The molecule has 0 amide bonds. The molecule has 2 rings (SSSR count). The highest BCUT2D eigenvalue weighted by Gasteiger charge is 2.08. The van der Waals surface area contributed by atoms with E-state index < -0.39 is 0 Å². The van der Waals surface area contributed by atoms with E-state index in [4.69, 9.17) is 0 Å². The highest BCUT2D eigenvalue weighted by molar-refractivity contribution is 9.10. The van der Waals surface area contributed by atoms with Gasteiger partial charge in [-0.3, -0.25) is 4.79 Å². The fourth-order valence-electron chi connectivity index (χ4n) is 1.84. The Morgan fingerprint density at radius 3 is 2.68 bits per heavy atom. The molecule has 0 aliphatic rings. The lowest BCUT2D eigenvalue weighted by molar-refractivity contribution is 0.0968. The molecule has 1 aromatic heterocycles. The van der Waals surface area contributed by atoms with Crippen molar-refractivity contribution < 1.29 is 4.79 Å². The first kappa shape index (κ1) is 14.4. The third-order valence-corrected chi connectivity index (χ3v) is 4.55. The minimum atomic E-state index is 0.208. The van der Waals surface area contributed by atoms with Crippen LogP contribution in [-0.2, 0) is 6.54 Å². The molecular weight excluding hydrogens is 322 g/mol. The summed E-state index contributed by atoms with van der Waals surface area (Å²) in [5.74, 6) is 0.208. The van der Waals surface area contributed by atoms with Gasteiger partial charge < -0.3 is 4.90 Å². The topological polar surface area (TPSA) is 20.3 Å². The Kier molecular flexibility index (Phi) is 5.31. The first-order valence-electron chi connectivity index (χ1n) is 6.15. The van der Waals surface area contributed by atoms with E-state index in [0.717, 1.165) is 23.1 Å². The van der Waals surface area contributed by atoms with Gasteiger partial charge >= 0.3 is 0 Å². The fourth-order valence-corrected chi connectivity index (χ4v) is 3.37. The second-order valence-electron chi connectivity index (χ2n) is 4.51. The van der Waals surface area contributed by atoms with Gasteiger partial charge in [-0.2, -0.15) is 0 Å². The zero-order valence-corrected chi connectivity index (χ0v) is 13.2. The van der Waals surface area contributed by atoms with Gasteiger partial charge in [0, 0.05) is 39.8 Å². The van der Waals surface area contributed by atoms with Crippen LogP contribution in [0.15, 0.2) is 46.3 Å². The van der Waals surface area contributed by atoms with Gasteiger partial charge in [0.25, 0.3) is 0 Å². The number of carbonyl (C=O) groups is 1. The van der Waals surface area contributed by atoms with Crippen LogP contribution < -0.4 is 0 Å². The zero-order chi connectivity index (χ0) is 13.7. The molecule has 1 aromatic carbocycles. The van der Waals surface area contributed by atoms with E-state index in [1.807, 2.05) is 37.4 Å². The molecule has 100 valence electrons. The Morgan fingerprint density at radius 1 is 1.32 bits per heavy atom. The van der Waals surface area contributed by atoms with Gasteiger partial charge in [-0.25, -0.2) is 0 Å². The van der Waals surface area contributed by atoms with Gasteiger partial charge in [0.1, 0.15) is 0 Å². The number of hydrogen-bond acceptors (Lipinski definition) is 3. The van der Waals surface area contributed by atoms with E-state index in [0.29, 0.717) is 6.42 Å². The lowest BCUT2D eigenvalue weighted by Crippen LogP contribution is -2.21. The van der Waals surface area contributed by atoms with Crippen LogP contribution in [-0.4, -0.2) is 24.3 Å².